The highest BCUT2D eigenvalue weighted by Crippen LogP contribution is 2.23. The number of rotatable bonds is 9. The van der Waals surface area contributed by atoms with E-state index in [1.165, 1.54) is 52.1 Å². The molecule has 2 aromatic rings. The van der Waals surface area contributed by atoms with E-state index in [0.29, 0.717) is 0 Å². The van der Waals surface area contributed by atoms with Gasteiger partial charge in [0, 0.05) is 38.3 Å². The maximum Gasteiger partial charge on any atom is 0.152 e. The van der Waals surface area contributed by atoms with Crippen LogP contribution in [-0.4, -0.2) is 65.8 Å². The lowest BCUT2D eigenvalue weighted by Crippen LogP contribution is -2.46. The van der Waals surface area contributed by atoms with Gasteiger partial charge in [0.15, 0.2) is 5.76 Å². The molecule has 6 nitrogen and oxygen atoms in total. The van der Waals surface area contributed by atoms with E-state index in [4.69, 9.17) is 4.42 Å². The van der Waals surface area contributed by atoms with Gasteiger partial charge in [-0.15, -0.1) is 0 Å². The Labute approximate surface area is 150 Å². The van der Waals surface area contributed by atoms with Gasteiger partial charge in [0.1, 0.15) is 11.5 Å². The number of aryl methyl sites for hydroxylation is 1. The Morgan fingerprint density at radius 3 is 2.68 bits per heavy atom. The molecule has 0 saturated carbocycles. The predicted molar refractivity (Wildman–Crippen MR) is 101 cm³/mol. The monoisotopic (exact) mass is 345 g/mol. The SMILES string of the molecule is CCN1CCN(CCCCNCc2cn[nH]c2-c2ccc(C)o2)CC1. The summed E-state index contributed by atoms with van der Waals surface area (Å²) in [7, 11) is 0. The quantitative estimate of drug-likeness (QED) is 0.684. The highest BCUT2D eigenvalue weighted by molar-refractivity contribution is 5.56. The molecule has 0 aliphatic carbocycles. The first-order valence-corrected chi connectivity index (χ1v) is 9.50. The first kappa shape index (κ1) is 18.2. The van der Waals surface area contributed by atoms with Gasteiger partial charge in [-0.3, -0.25) is 5.10 Å². The van der Waals surface area contributed by atoms with Gasteiger partial charge in [-0.25, -0.2) is 0 Å². The standard InChI is InChI=1S/C19H31N5O/c1-3-23-10-12-24(13-11-23)9-5-4-8-20-14-17-15-21-22-19(17)18-7-6-16(2)25-18/h6-7,15,20H,3-5,8-14H2,1-2H3,(H,21,22). The summed E-state index contributed by atoms with van der Waals surface area (Å²) < 4.78 is 5.69. The van der Waals surface area contributed by atoms with Crippen LogP contribution in [0, 0.1) is 6.92 Å². The minimum atomic E-state index is 0.820. The predicted octanol–water partition coefficient (Wildman–Crippen LogP) is 2.49. The van der Waals surface area contributed by atoms with Crippen LogP contribution >= 0.6 is 0 Å². The van der Waals surface area contributed by atoms with Crippen LogP contribution in [0.5, 0.6) is 0 Å². The number of likely N-dealkylation sites (N-methyl/N-ethyl adjacent to an activating group) is 1. The third kappa shape index (κ3) is 5.17. The maximum absolute atomic E-state index is 5.69. The van der Waals surface area contributed by atoms with E-state index >= 15 is 0 Å². The van der Waals surface area contributed by atoms with Crippen LogP contribution in [0.15, 0.2) is 22.7 Å². The second-order valence-corrected chi connectivity index (χ2v) is 6.84. The molecule has 0 spiro atoms. The number of piperazine rings is 1. The average molecular weight is 345 g/mol. The third-order valence-electron chi connectivity index (χ3n) is 5.01. The van der Waals surface area contributed by atoms with Crippen molar-refractivity contribution >= 4 is 0 Å². The first-order valence-electron chi connectivity index (χ1n) is 9.50. The molecule has 0 bridgehead atoms. The second-order valence-electron chi connectivity index (χ2n) is 6.84. The molecule has 138 valence electrons. The summed E-state index contributed by atoms with van der Waals surface area (Å²) in [6.07, 6.45) is 4.35. The highest BCUT2D eigenvalue weighted by Gasteiger charge is 2.14. The molecule has 2 N–H and O–H groups in total. The zero-order valence-corrected chi connectivity index (χ0v) is 15.6. The molecule has 3 heterocycles. The molecule has 0 amide bonds. The Morgan fingerprint density at radius 1 is 1.16 bits per heavy atom. The van der Waals surface area contributed by atoms with Crippen molar-refractivity contribution in [2.24, 2.45) is 0 Å². The highest BCUT2D eigenvalue weighted by atomic mass is 16.3. The van der Waals surface area contributed by atoms with Crippen LogP contribution < -0.4 is 5.32 Å². The van der Waals surface area contributed by atoms with Crippen molar-refractivity contribution in [1.82, 2.24) is 25.3 Å². The van der Waals surface area contributed by atoms with Crippen LogP contribution in [0.3, 0.4) is 0 Å². The second kappa shape index (κ2) is 9.17. The number of furan rings is 1. The van der Waals surface area contributed by atoms with Gasteiger partial charge < -0.3 is 19.5 Å². The molecule has 0 radical (unpaired) electrons. The fourth-order valence-corrected chi connectivity index (χ4v) is 3.36. The molecule has 25 heavy (non-hydrogen) atoms. The van der Waals surface area contributed by atoms with Crippen molar-refractivity contribution < 1.29 is 4.42 Å². The van der Waals surface area contributed by atoms with Gasteiger partial charge in [0.25, 0.3) is 0 Å². The number of H-pyrrole nitrogens is 1. The largest absolute Gasteiger partial charge is 0.460 e. The first-order chi connectivity index (χ1) is 12.3. The molecule has 3 rings (SSSR count). The van der Waals surface area contributed by atoms with Crippen molar-refractivity contribution in [2.75, 3.05) is 45.8 Å². The summed E-state index contributed by atoms with van der Waals surface area (Å²) in [4.78, 5) is 5.13. The number of aromatic nitrogens is 2. The van der Waals surface area contributed by atoms with E-state index in [0.717, 1.165) is 35.9 Å². The zero-order valence-electron chi connectivity index (χ0n) is 15.6. The van der Waals surface area contributed by atoms with Crippen LogP contribution in [0.4, 0.5) is 0 Å². The van der Waals surface area contributed by atoms with Crippen LogP contribution in [0.1, 0.15) is 31.1 Å². The molecule has 6 heteroatoms. The molecule has 2 aromatic heterocycles. The Hall–Kier alpha value is -1.63. The molecule has 0 aromatic carbocycles. The number of nitrogens with one attached hydrogen (secondary N) is 2. The van der Waals surface area contributed by atoms with Crippen molar-refractivity contribution in [3.05, 3.63) is 29.7 Å². The van der Waals surface area contributed by atoms with Crippen LogP contribution in [0.25, 0.3) is 11.5 Å². The lowest BCUT2D eigenvalue weighted by atomic mass is 10.2. The van der Waals surface area contributed by atoms with Gasteiger partial charge in [0.2, 0.25) is 0 Å². The topological polar surface area (TPSA) is 60.3 Å². The van der Waals surface area contributed by atoms with E-state index in [1.54, 1.807) is 0 Å². The summed E-state index contributed by atoms with van der Waals surface area (Å²) in [5, 5.41) is 10.7. The molecule has 0 unspecified atom stereocenters. The Morgan fingerprint density at radius 2 is 1.96 bits per heavy atom. The minimum Gasteiger partial charge on any atom is -0.460 e. The Kier molecular flexibility index (Phi) is 6.67. The fraction of sp³-hybridized carbons (Fsp3) is 0.632. The summed E-state index contributed by atoms with van der Waals surface area (Å²) >= 11 is 0. The molecule has 1 aliphatic heterocycles. The number of hydrogen-bond acceptors (Lipinski definition) is 5. The van der Waals surface area contributed by atoms with E-state index in [2.05, 4.69) is 32.2 Å². The van der Waals surface area contributed by atoms with Crippen molar-refractivity contribution in [3.8, 4) is 11.5 Å². The van der Waals surface area contributed by atoms with Crippen molar-refractivity contribution in [2.45, 2.75) is 33.2 Å². The van der Waals surface area contributed by atoms with Crippen LogP contribution in [0.2, 0.25) is 0 Å². The smallest absolute Gasteiger partial charge is 0.152 e. The number of hydrogen-bond donors (Lipinski definition) is 2. The van der Waals surface area contributed by atoms with Gasteiger partial charge in [-0.2, -0.15) is 5.10 Å². The van der Waals surface area contributed by atoms with Crippen molar-refractivity contribution in [3.63, 3.8) is 0 Å². The zero-order chi connectivity index (χ0) is 17.5. The maximum atomic E-state index is 5.69. The Balaban J connectivity index is 1.31. The molecular formula is C19H31N5O. The molecule has 1 fully saturated rings. The van der Waals surface area contributed by atoms with Gasteiger partial charge in [-0.05, 0) is 51.5 Å². The number of aromatic amines is 1. The van der Waals surface area contributed by atoms with Crippen molar-refractivity contribution in [1.29, 1.82) is 0 Å². The lowest BCUT2D eigenvalue weighted by molar-refractivity contribution is 0.135. The average Bonchev–Trinajstić information content (AvgIpc) is 3.27. The van der Waals surface area contributed by atoms with Crippen LogP contribution in [-0.2, 0) is 6.54 Å². The molecule has 1 saturated heterocycles. The third-order valence-corrected chi connectivity index (χ3v) is 5.01. The van der Waals surface area contributed by atoms with Gasteiger partial charge in [0.05, 0.1) is 6.20 Å². The van der Waals surface area contributed by atoms with E-state index in [1.807, 2.05) is 25.3 Å². The Bertz CT molecular complexity index is 627. The van der Waals surface area contributed by atoms with Gasteiger partial charge >= 0.3 is 0 Å². The number of unbranched alkanes of at least 4 members (excludes halogenated alkanes) is 1. The fourth-order valence-electron chi connectivity index (χ4n) is 3.36. The summed E-state index contributed by atoms with van der Waals surface area (Å²) in [5.41, 5.74) is 2.14. The summed E-state index contributed by atoms with van der Waals surface area (Å²) in [5.74, 6) is 1.78. The molecule has 0 atom stereocenters. The lowest BCUT2D eigenvalue weighted by Gasteiger charge is -2.33. The molecule has 1 aliphatic rings. The van der Waals surface area contributed by atoms with E-state index in [9.17, 15) is 0 Å². The summed E-state index contributed by atoms with van der Waals surface area (Å²) in [6.45, 7) is 13.4. The molecular weight excluding hydrogens is 314 g/mol. The normalized spacial score (nSPS) is 16.6. The van der Waals surface area contributed by atoms with E-state index < -0.39 is 0 Å². The van der Waals surface area contributed by atoms with E-state index in [-0.39, 0.29) is 0 Å². The van der Waals surface area contributed by atoms with Gasteiger partial charge in [-0.1, -0.05) is 6.92 Å². The summed E-state index contributed by atoms with van der Waals surface area (Å²) in [6, 6.07) is 3.97. The minimum absolute atomic E-state index is 0.820. The number of nitrogens with zero attached hydrogens (tertiary/aromatic N) is 3.